The minimum absolute atomic E-state index is 0.602. The molecule has 0 bridgehead atoms. The number of fused-ring (bicyclic) bond motifs is 1. The van der Waals surface area contributed by atoms with Gasteiger partial charge in [0.25, 0.3) is 0 Å². The zero-order chi connectivity index (χ0) is 12.8. The van der Waals surface area contributed by atoms with Gasteiger partial charge in [-0.15, -0.1) is 0 Å². The molecule has 3 rings (SSSR count). The van der Waals surface area contributed by atoms with Gasteiger partial charge in [0.05, 0.1) is 15.8 Å². The standard InChI is InChI=1S/C13H17N3OS/c1-13(17)5-2-6-16(8-13)12-15-10-4-3-9(14)7-11(10)18-12/h3-4,7,17H,2,5-6,8,14H2,1H3. The Kier molecular flexibility index (Phi) is 2.68. The number of anilines is 2. The SMILES string of the molecule is CC1(O)CCCN(c2nc3ccc(N)cc3s2)C1. The second kappa shape index (κ2) is 4.10. The van der Waals surface area contributed by atoms with E-state index in [0.717, 1.165) is 40.4 Å². The Morgan fingerprint density at radius 3 is 3.11 bits per heavy atom. The van der Waals surface area contributed by atoms with Crippen LogP contribution >= 0.6 is 11.3 Å². The monoisotopic (exact) mass is 263 g/mol. The second-order valence-corrected chi connectivity index (χ2v) is 6.25. The van der Waals surface area contributed by atoms with Crippen LogP contribution in [0, 0.1) is 0 Å². The zero-order valence-electron chi connectivity index (χ0n) is 10.4. The van der Waals surface area contributed by atoms with Crippen LogP contribution in [0.25, 0.3) is 10.2 Å². The molecule has 0 aliphatic carbocycles. The second-order valence-electron chi connectivity index (χ2n) is 5.25. The van der Waals surface area contributed by atoms with Crippen molar-refractivity contribution < 1.29 is 5.11 Å². The first-order valence-corrected chi connectivity index (χ1v) is 6.99. The highest BCUT2D eigenvalue weighted by Gasteiger charge is 2.29. The molecule has 2 aromatic rings. The highest BCUT2D eigenvalue weighted by molar-refractivity contribution is 7.22. The molecule has 1 unspecified atom stereocenters. The van der Waals surface area contributed by atoms with Crippen LogP contribution in [0.4, 0.5) is 10.8 Å². The summed E-state index contributed by atoms with van der Waals surface area (Å²) in [6.45, 7) is 3.51. The number of rotatable bonds is 1. The van der Waals surface area contributed by atoms with Crippen molar-refractivity contribution in [2.24, 2.45) is 0 Å². The van der Waals surface area contributed by atoms with Crippen LogP contribution in [0.15, 0.2) is 18.2 Å². The number of aliphatic hydroxyl groups is 1. The molecule has 2 heterocycles. The van der Waals surface area contributed by atoms with Gasteiger partial charge in [-0.2, -0.15) is 0 Å². The zero-order valence-corrected chi connectivity index (χ0v) is 11.2. The van der Waals surface area contributed by atoms with Crippen LogP contribution < -0.4 is 10.6 Å². The molecule has 1 atom stereocenters. The molecule has 0 amide bonds. The normalized spacial score (nSPS) is 24.7. The molecule has 1 fully saturated rings. The third kappa shape index (κ3) is 2.15. The summed E-state index contributed by atoms with van der Waals surface area (Å²) >= 11 is 1.64. The summed E-state index contributed by atoms with van der Waals surface area (Å²) in [7, 11) is 0. The van der Waals surface area contributed by atoms with E-state index < -0.39 is 5.60 Å². The Balaban J connectivity index is 1.94. The van der Waals surface area contributed by atoms with Gasteiger partial charge in [0.15, 0.2) is 5.13 Å². The summed E-state index contributed by atoms with van der Waals surface area (Å²) in [5.74, 6) is 0. The van der Waals surface area contributed by atoms with Gasteiger partial charge in [-0.1, -0.05) is 11.3 Å². The molecule has 1 aromatic heterocycles. The summed E-state index contributed by atoms with van der Waals surface area (Å²) < 4.78 is 1.11. The molecule has 4 nitrogen and oxygen atoms in total. The Bertz CT molecular complexity index is 579. The van der Waals surface area contributed by atoms with Gasteiger partial charge < -0.3 is 15.7 Å². The van der Waals surface area contributed by atoms with Crippen molar-refractivity contribution >= 4 is 32.4 Å². The molecular formula is C13H17N3OS. The molecule has 1 aromatic carbocycles. The summed E-state index contributed by atoms with van der Waals surface area (Å²) in [6.07, 6.45) is 1.87. The Morgan fingerprint density at radius 2 is 2.33 bits per heavy atom. The number of benzene rings is 1. The molecule has 1 aliphatic rings. The fourth-order valence-corrected chi connectivity index (χ4v) is 3.49. The molecule has 1 aliphatic heterocycles. The van der Waals surface area contributed by atoms with Gasteiger partial charge in [-0.25, -0.2) is 4.98 Å². The van der Waals surface area contributed by atoms with E-state index in [2.05, 4.69) is 9.88 Å². The summed E-state index contributed by atoms with van der Waals surface area (Å²) in [5, 5.41) is 11.1. The number of thiazole rings is 1. The highest BCUT2D eigenvalue weighted by Crippen LogP contribution is 2.33. The van der Waals surface area contributed by atoms with Gasteiger partial charge in [0.1, 0.15) is 0 Å². The Labute approximate surface area is 110 Å². The molecule has 1 saturated heterocycles. The van der Waals surface area contributed by atoms with Gasteiger partial charge in [0, 0.05) is 18.8 Å². The number of piperidine rings is 1. The molecule has 96 valence electrons. The van der Waals surface area contributed by atoms with Crippen LogP contribution in [-0.4, -0.2) is 28.8 Å². The van der Waals surface area contributed by atoms with E-state index in [-0.39, 0.29) is 0 Å². The van der Waals surface area contributed by atoms with Crippen molar-refractivity contribution in [3.8, 4) is 0 Å². The van der Waals surface area contributed by atoms with Crippen LogP contribution in [-0.2, 0) is 0 Å². The lowest BCUT2D eigenvalue weighted by atomic mass is 9.96. The lowest BCUT2D eigenvalue weighted by Gasteiger charge is -2.36. The predicted octanol–water partition coefficient (Wildman–Crippen LogP) is 2.23. The molecule has 0 radical (unpaired) electrons. The van der Waals surface area contributed by atoms with Crippen molar-refractivity contribution in [3.05, 3.63) is 18.2 Å². The number of hydrogen-bond donors (Lipinski definition) is 2. The average molecular weight is 263 g/mol. The molecule has 18 heavy (non-hydrogen) atoms. The smallest absolute Gasteiger partial charge is 0.186 e. The van der Waals surface area contributed by atoms with E-state index in [1.807, 2.05) is 25.1 Å². The molecular weight excluding hydrogens is 246 g/mol. The summed E-state index contributed by atoms with van der Waals surface area (Å²) in [5.41, 5.74) is 6.93. The summed E-state index contributed by atoms with van der Waals surface area (Å²) in [6, 6.07) is 5.78. The van der Waals surface area contributed by atoms with E-state index >= 15 is 0 Å². The van der Waals surface area contributed by atoms with E-state index in [9.17, 15) is 5.11 Å². The number of hydrogen-bond acceptors (Lipinski definition) is 5. The minimum atomic E-state index is -0.602. The number of nitrogen functional groups attached to an aromatic ring is 1. The average Bonchev–Trinajstić information content (AvgIpc) is 2.70. The molecule has 5 heteroatoms. The van der Waals surface area contributed by atoms with Crippen molar-refractivity contribution in [1.29, 1.82) is 0 Å². The Morgan fingerprint density at radius 1 is 1.50 bits per heavy atom. The predicted molar refractivity (Wildman–Crippen MR) is 76.1 cm³/mol. The maximum atomic E-state index is 10.1. The number of β-amino-alcohol motifs (C(OH)–C–C–N with tert-alkyl or cyclic N) is 1. The number of nitrogens with zero attached hydrogens (tertiary/aromatic N) is 2. The van der Waals surface area contributed by atoms with E-state index in [0.29, 0.717) is 6.54 Å². The van der Waals surface area contributed by atoms with Gasteiger partial charge in [-0.3, -0.25) is 0 Å². The van der Waals surface area contributed by atoms with E-state index in [4.69, 9.17) is 5.73 Å². The van der Waals surface area contributed by atoms with Gasteiger partial charge >= 0.3 is 0 Å². The van der Waals surface area contributed by atoms with Crippen molar-refractivity contribution in [1.82, 2.24) is 4.98 Å². The maximum Gasteiger partial charge on any atom is 0.186 e. The van der Waals surface area contributed by atoms with E-state index in [1.54, 1.807) is 11.3 Å². The maximum absolute atomic E-state index is 10.1. The topological polar surface area (TPSA) is 62.4 Å². The van der Waals surface area contributed by atoms with Gasteiger partial charge in [-0.05, 0) is 38.0 Å². The van der Waals surface area contributed by atoms with Crippen molar-refractivity contribution in [2.75, 3.05) is 23.7 Å². The van der Waals surface area contributed by atoms with Crippen molar-refractivity contribution in [3.63, 3.8) is 0 Å². The first-order chi connectivity index (χ1) is 8.53. The number of nitrogens with two attached hydrogens (primary N) is 1. The highest BCUT2D eigenvalue weighted by atomic mass is 32.1. The number of aromatic nitrogens is 1. The quantitative estimate of drug-likeness (QED) is 0.775. The molecule has 0 saturated carbocycles. The lowest BCUT2D eigenvalue weighted by molar-refractivity contribution is 0.0449. The minimum Gasteiger partial charge on any atom is -0.399 e. The van der Waals surface area contributed by atoms with Crippen molar-refractivity contribution in [2.45, 2.75) is 25.4 Å². The van der Waals surface area contributed by atoms with Crippen LogP contribution in [0.2, 0.25) is 0 Å². The third-order valence-electron chi connectivity index (χ3n) is 3.35. The third-order valence-corrected chi connectivity index (χ3v) is 4.43. The lowest BCUT2D eigenvalue weighted by Crippen LogP contribution is -2.46. The Hall–Kier alpha value is -1.33. The molecule has 0 spiro atoms. The molecule has 3 N–H and O–H groups in total. The van der Waals surface area contributed by atoms with Crippen LogP contribution in [0.1, 0.15) is 19.8 Å². The van der Waals surface area contributed by atoms with Gasteiger partial charge in [0.2, 0.25) is 0 Å². The van der Waals surface area contributed by atoms with E-state index in [1.165, 1.54) is 0 Å². The first-order valence-electron chi connectivity index (χ1n) is 6.17. The summed E-state index contributed by atoms with van der Waals surface area (Å²) in [4.78, 5) is 6.79. The largest absolute Gasteiger partial charge is 0.399 e. The van der Waals surface area contributed by atoms with Crippen LogP contribution in [0.3, 0.4) is 0 Å². The first kappa shape index (κ1) is 11.7. The fraction of sp³-hybridized carbons (Fsp3) is 0.462. The fourth-order valence-electron chi connectivity index (χ4n) is 2.45. The van der Waals surface area contributed by atoms with Crippen LogP contribution in [0.5, 0.6) is 0 Å².